The van der Waals surface area contributed by atoms with Gasteiger partial charge >= 0.3 is 0 Å². The van der Waals surface area contributed by atoms with E-state index in [0.29, 0.717) is 0 Å². The second-order valence-electron chi connectivity index (χ2n) is 1.65. The first-order chi connectivity index (χ1) is 4.75. The summed E-state index contributed by atoms with van der Waals surface area (Å²) in [5, 5.41) is 8.84. The highest BCUT2D eigenvalue weighted by molar-refractivity contribution is 5.35. The van der Waals surface area contributed by atoms with Crippen LogP contribution in [-0.2, 0) is 0 Å². The Kier molecular flexibility index (Phi) is 1.71. The molecule has 0 bridgehead atoms. The Morgan fingerprint density at radius 3 is 2.90 bits per heavy atom. The van der Waals surface area contributed by atoms with Crippen LogP contribution in [0.15, 0.2) is 12.3 Å². The summed E-state index contributed by atoms with van der Waals surface area (Å²) in [6.07, 6.45) is 1.22. The van der Waals surface area contributed by atoms with Crippen molar-refractivity contribution in [2.45, 2.75) is 0 Å². The van der Waals surface area contributed by atoms with Gasteiger partial charge in [-0.3, -0.25) is 0 Å². The molecule has 0 radical (unpaired) electrons. The van der Waals surface area contributed by atoms with Gasteiger partial charge in [0.2, 0.25) is 5.75 Å². The van der Waals surface area contributed by atoms with Crippen LogP contribution < -0.4 is 4.74 Å². The number of nitrogens with zero attached hydrogens (tertiary/aromatic N) is 1. The first kappa shape index (κ1) is 6.80. The number of rotatable bonds is 1. The minimum atomic E-state index is -0.917. The fourth-order valence-corrected chi connectivity index (χ4v) is 0.577. The largest absolute Gasteiger partial charge is 0.501 e. The van der Waals surface area contributed by atoms with Gasteiger partial charge in [-0.2, -0.15) is 4.39 Å². The van der Waals surface area contributed by atoms with E-state index in [1.165, 1.54) is 19.4 Å². The van der Waals surface area contributed by atoms with E-state index in [1.54, 1.807) is 0 Å². The fraction of sp³-hybridized carbons (Fsp3) is 0.167. The van der Waals surface area contributed by atoms with Gasteiger partial charge in [0.05, 0.1) is 7.11 Å². The monoisotopic (exact) mass is 143 g/mol. The minimum absolute atomic E-state index is 0.0903. The third kappa shape index (κ3) is 1.00. The Balaban J connectivity index is 3.14. The zero-order chi connectivity index (χ0) is 7.56. The molecule has 4 heteroatoms. The number of hydrogen-bond acceptors (Lipinski definition) is 3. The summed E-state index contributed by atoms with van der Waals surface area (Å²) in [5.41, 5.74) is 0. The van der Waals surface area contributed by atoms with Gasteiger partial charge in [0.1, 0.15) is 0 Å². The summed E-state index contributed by atoms with van der Waals surface area (Å²) in [6.45, 7) is 0. The molecular formula is C6H6FNO2. The highest BCUT2D eigenvalue weighted by Crippen LogP contribution is 2.25. The molecule has 1 aromatic rings. The molecule has 0 aromatic carbocycles. The van der Waals surface area contributed by atoms with Crippen LogP contribution in [0.25, 0.3) is 0 Å². The number of halogens is 1. The van der Waals surface area contributed by atoms with Crippen LogP contribution in [0.3, 0.4) is 0 Å². The first-order valence-electron chi connectivity index (χ1n) is 2.63. The molecule has 0 spiro atoms. The summed E-state index contributed by atoms with van der Waals surface area (Å²) >= 11 is 0. The molecule has 0 unspecified atom stereocenters. The average Bonchev–Trinajstić information content (AvgIpc) is 1.95. The molecule has 0 saturated heterocycles. The lowest BCUT2D eigenvalue weighted by Crippen LogP contribution is -1.88. The molecule has 0 aliphatic carbocycles. The van der Waals surface area contributed by atoms with E-state index >= 15 is 0 Å². The molecule has 0 atom stereocenters. The SMILES string of the molecule is COc1ccnc(F)c1O. The lowest BCUT2D eigenvalue weighted by atomic mass is 10.4. The predicted molar refractivity (Wildman–Crippen MR) is 32.4 cm³/mol. The molecular weight excluding hydrogens is 137 g/mol. The normalized spacial score (nSPS) is 9.40. The second kappa shape index (κ2) is 2.51. The quantitative estimate of drug-likeness (QED) is 0.595. The molecule has 0 amide bonds. The van der Waals surface area contributed by atoms with Gasteiger partial charge in [-0.15, -0.1) is 0 Å². The summed E-state index contributed by atoms with van der Waals surface area (Å²) in [6, 6.07) is 1.37. The first-order valence-corrected chi connectivity index (χ1v) is 2.63. The van der Waals surface area contributed by atoms with Crippen LogP contribution in [0.2, 0.25) is 0 Å². The molecule has 10 heavy (non-hydrogen) atoms. The van der Waals surface area contributed by atoms with E-state index in [2.05, 4.69) is 9.72 Å². The summed E-state index contributed by atoms with van der Waals surface area (Å²) in [7, 11) is 1.34. The zero-order valence-electron chi connectivity index (χ0n) is 5.34. The Hall–Kier alpha value is -1.32. The van der Waals surface area contributed by atoms with Gasteiger partial charge in [-0.1, -0.05) is 0 Å². The van der Waals surface area contributed by atoms with Crippen molar-refractivity contribution in [1.29, 1.82) is 0 Å². The van der Waals surface area contributed by atoms with E-state index in [1.807, 2.05) is 0 Å². The number of aromatic nitrogens is 1. The smallest absolute Gasteiger partial charge is 0.258 e. The van der Waals surface area contributed by atoms with Crippen molar-refractivity contribution in [3.8, 4) is 11.5 Å². The lowest BCUT2D eigenvalue weighted by Gasteiger charge is -2.00. The maximum Gasteiger partial charge on any atom is 0.258 e. The van der Waals surface area contributed by atoms with E-state index in [4.69, 9.17) is 5.11 Å². The van der Waals surface area contributed by atoms with E-state index in [0.717, 1.165) is 0 Å². The molecule has 3 nitrogen and oxygen atoms in total. The molecule has 1 rings (SSSR count). The van der Waals surface area contributed by atoms with E-state index in [9.17, 15) is 4.39 Å². The van der Waals surface area contributed by atoms with Gasteiger partial charge in [0, 0.05) is 12.3 Å². The van der Waals surface area contributed by atoms with Crippen LogP contribution >= 0.6 is 0 Å². The molecule has 54 valence electrons. The molecule has 0 saturated carbocycles. The van der Waals surface area contributed by atoms with Crippen molar-refractivity contribution >= 4 is 0 Å². The Labute approximate surface area is 57.1 Å². The van der Waals surface area contributed by atoms with Crippen LogP contribution in [0.1, 0.15) is 0 Å². The zero-order valence-corrected chi connectivity index (χ0v) is 5.34. The van der Waals surface area contributed by atoms with Gasteiger partial charge in [0.15, 0.2) is 5.75 Å². The van der Waals surface area contributed by atoms with Crippen molar-refractivity contribution in [3.05, 3.63) is 18.2 Å². The number of methoxy groups -OCH3 is 1. The van der Waals surface area contributed by atoms with Crippen molar-refractivity contribution in [2.75, 3.05) is 7.11 Å². The minimum Gasteiger partial charge on any atom is -0.501 e. The van der Waals surface area contributed by atoms with Crippen molar-refractivity contribution in [1.82, 2.24) is 4.98 Å². The highest BCUT2D eigenvalue weighted by Gasteiger charge is 2.06. The van der Waals surface area contributed by atoms with Gasteiger partial charge in [-0.25, -0.2) is 4.98 Å². The number of hydrogen-bond donors (Lipinski definition) is 1. The van der Waals surface area contributed by atoms with Crippen LogP contribution in [0.4, 0.5) is 4.39 Å². The maximum atomic E-state index is 12.3. The van der Waals surface area contributed by atoms with Gasteiger partial charge in [-0.05, 0) is 0 Å². The highest BCUT2D eigenvalue weighted by atomic mass is 19.1. The standard InChI is InChI=1S/C6H6FNO2/c1-10-4-2-3-8-6(7)5(4)9/h2-3,9H,1H3. The van der Waals surface area contributed by atoms with E-state index < -0.39 is 11.7 Å². The third-order valence-corrected chi connectivity index (χ3v) is 1.06. The Morgan fingerprint density at radius 1 is 1.70 bits per heavy atom. The molecule has 0 aliphatic rings. The molecule has 0 fully saturated rings. The molecule has 1 aromatic heterocycles. The predicted octanol–water partition coefficient (Wildman–Crippen LogP) is 0.935. The number of aromatic hydroxyl groups is 1. The maximum absolute atomic E-state index is 12.3. The molecule has 0 aliphatic heterocycles. The Morgan fingerprint density at radius 2 is 2.40 bits per heavy atom. The topological polar surface area (TPSA) is 42.4 Å². The van der Waals surface area contributed by atoms with Crippen LogP contribution in [-0.4, -0.2) is 17.2 Å². The van der Waals surface area contributed by atoms with E-state index in [-0.39, 0.29) is 5.75 Å². The van der Waals surface area contributed by atoms with Gasteiger partial charge < -0.3 is 9.84 Å². The fourth-order valence-electron chi connectivity index (χ4n) is 0.577. The lowest BCUT2D eigenvalue weighted by molar-refractivity contribution is 0.350. The van der Waals surface area contributed by atoms with Crippen molar-refractivity contribution in [3.63, 3.8) is 0 Å². The van der Waals surface area contributed by atoms with Crippen LogP contribution in [0, 0.1) is 5.95 Å². The Bertz CT molecular complexity index is 239. The number of ether oxygens (including phenoxy) is 1. The second-order valence-corrected chi connectivity index (χ2v) is 1.65. The number of pyridine rings is 1. The summed E-state index contributed by atoms with van der Waals surface area (Å²) in [5.74, 6) is -1.38. The summed E-state index contributed by atoms with van der Waals surface area (Å²) < 4.78 is 16.9. The average molecular weight is 143 g/mol. The molecule has 1 heterocycles. The van der Waals surface area contributed by atoms with Crippen molar-refractivity contribution < 1.29 is 14.2 Å². The van der Waals surface area contributed by atoms with Gasteiger partial charge in [0.25, 0.3) is 5.95 Å². The molecule has 1 N–H and O–H groups in total. The van der Waals surface area contributed by atoms with Crippen LogP contribution in [0.5, 0.6) is 11.5 Å². The van der Waals surface area contributed by atoms with Crippen molar-refractivity contribution in [2.24, 2.45) is 0 Å². The third-order valence-electron chi connectivity index (χ3n) is 1.06. The summed E-state index contributed by atoms with van der Waals surface area (Å²) in [4.78, 5) is 3.19.